The van der Waals surface area contributed by atoms with E-state index < -0.39 is 0 Å². The number of benzene rings is 1. The van der Waals surface area contributed by atoms with Crippen molar-refractivity contribution in [2.45, 2.75) is 31.7 Å². The average molecular weight is 274 g/mol. The Morgan fingerprint density at radius 3 is 2.60 bits per heavy atom. The Morgan fingerprint density at radius 1 is 1.10 bits per heavy atom. The van der Waals surface area contributed by atoms with Crippen molar-refractivity contribution in [2.24, 2.45) is 11.8 Å². The molecule has 110 valence electrons. The highest BCUT2D eigenvalue weighted by Crippen LogP contribution is 2.29. The highest BCUT2D eigenvalue weighted by molar-refractivity contribution is 5.46. The number of hydrogen-bond donors (Lipinski definition) is 2. The van der Waals surface area contributed by atoms with Crippen molar-refractivity contribution in [3.63, 3.8) is 0 Å². The van der Waals surface area contributed by atoms with E-state index >= 15 is 0 Å². The molecule has 0 radical (unpaired) electrons. The number of para-hydroxylation sites is 1. The van der Waals surface area contributed by atoms with E-state index in [-0.39, 0.29) is 0 Å². The minimum atomic E-state index is 0.308. The van der Waals surface area contributed by atoms with E-state index in [2.05, 4.69) is 40.5 Å². The maximum atomic E-state index is 9.25. The summed E-state index contributed by atoms with van der Waals surface area (Å²) in [4.78, 5) is 2.48. The fourth-order valence-corrected chi connectivity index (χ4v) is 3.25. The summed E-state index contributed by atoms with van der Waals surface area (Å²) in [6.07, 6.45) is 4.94. The first-order valence-corrected chi connectivity index (χ1v) is 7.99. The molecule has 1 aromatic carbocycles. The summed E-state index contributed by atoms with van der Waals surface area (Å²) in [6, 6.07) is 11.2. The van der Waals surface area contributed by atoms with Crippen molar-refractivity contribution in [2.75, 3.05) is 31.1 Å². The second kappa shape index (κ2) is 6.59. The van der Waals surface area contributed by atoms with Crippen LogP contribution in [0, 0.1) is 11.8 Å². The van der Waals surface area contributed by atoms with Crippen LogP contribution in [0.15, 0.2) is 30.3 Å². The van der Waals surface area contributed by atoms with Crippen LogP contribution in [0.1, 0.15) is 25.7 Å². The van der Waals surface area contributed by atoms with Crippen LogP contribution >= 0.6 is 0 Å². The summed E-state index contributed by atoms with van der Waals surface area (Å²) >= 11 is 0. The highest BCUT2D eigenvalue weighted by Gasteiger charge is 2.29. The lowest BCUT2D eigenvalue weighted by Gasteiger charge is -2.39. The first-order chi connectivity index (χ1) is 9.85. The average Bonchev–Trinajstić information content (AvgIpc) is 3.30. The van der Waals surface area contributed by atoms with Crippen molar-refractivity contribution >= 4 is 5.69 Å². The van der Waals surface area contributed by atoms with Gasteiger partial charge in [0.1, 0.15) is 0 Å². The number of rotatable bonds is 6. The lowest BCUT2D eigenvalue weighted by atomic mass is 9.91. The quantitative estimate of drug-likeness (QED) is 0.835. The Hall–Kier alpha value is -1.06. The third kappa shape index (κ3) is 3.74. The molecule has 2 N–H and O–H groups in total. The van der Waals surface area contributed by atoms with Gasteiger partial charge in [0.05, 0.1) is 0 Å². The number of nitrogens with zero attached hydrogens (tertiary/aromatic N) is 1. The normalized spacial score (nSPS) is 26.8. The molecule has 1 saturated carbocycles. The number of nitrogens with one attached hydrogen (secondary N) is 1. The zero-order valence-corrected chi connectivity index (χ0v) is 12.2. The fraction of sp³-hybridized carbons (Fsp3) is 0.647. The predicted molar refractivity (Wildman–Crippen MR) is 83.0 cm³/mol. The van der Waals surface area contributed by atoms with Crippen LogP contribution in [0.25, 0.3) is 0 Å². The van der Waals surface area contributed by atoms with Crippen LogP contribution in [0.5, 0.6) is 0 Å². The molecule has 20 heavy (non-hydrogen) atoms. The van der Waals surface area contributed by atoms with Gasteiger partial charge in [-0.05, 0) is 56.2 Å². The molecule has 3 nitrogen and oxygen atoms in total. The largest absolute Gasteiger partial charge is 0.396 e. The first kappa shape index (κ1) is 13.9. The number of anilines is 1. The molecular formula is C17H26N2O. The molecule has 3 rings (SSSR count). The van der Waals surface area contributed by atoms with Gasteiger partial charge in [0.25, 0.3) is 0 Å². The SMILES string of the molecule is OCCC1CC(NCC2CC2)CN(c2ccccc2)C1. The van der Waals surface area contributed by atoms with E-state index in [4.69, 9.17) is 0 Å². The number of aliphatic hydroxyl groups is 1. The van der Waals surface area contributed by atoms with Gasteiger partial charge in [0.15, 0.2) is 0 Å². The monoisotopic (exact) mass is 274 g/mol. The third-order valence-corrected chi connectivity index (χ3v) is 4.59. The van der Waals surface area contributed by atoms with Crippen LogP contribution in [0.4, 0.5) is 5.69 Å². The van der Waals surface area contributed by atoms with Crippen molar-refractivity contribution in [3.8, 4) is 0 Å². The summed E-state index contributed by atoms with van der Waals surface area (Å²) in [5.74, 6) is 1.53. The topological polar surface area (TPSA) is 35.5 Å². The molecule has 0 spiro atoms. The number of hydrogen-bond acceptors (Lipinski definition) is 3. The molecule has 1 aromatic rings. The fourth-order valence-electron chi connectivity index (χ4n) is 3.25. The van der Waals surface area contributed by atoms with Crippen molar-refractivity contribution < 1.29 is 5.11 Å². The molecule has 2 unspecified atom stereocenters. The Balaban J connectivity index is 1.62. The smallest absolute Gasteiger partial charge is 0.0434 e. The van der Waals surface area contributed by atoms with Gasteiger partial charge in [-0.15, -0.1) is 0 Å². The summed E-state index contributed by atoms with van der Waals surface area (Å²) in [5.41, 5.74) is 1.31. The molecule has 1 heterocycles. The second-order valence-corrected chi connectivity index (χ2v) is 6.40. The zero-order chi connectivity index (χ0) is 13.8. The van der Waals surface area contributed by atoms with Crippen LogP contribution in [-0.2, 0) is 0 Å². The van der Waals surface area contributed by atoms with Crippen molar-refractivity contribution in [3.05, 3.63) is 30.3 Å². The van der Waals surface area contributed by atoms with E-state index in [1.807, 2.05) is 0 Å². The van der Waals surface area contributed by atoms with Gasteiger partial charge in [0.2, 0.25) is 0 Å². The first-order valence-electron chi connectivity index (χ1n) is 7.99. The predicted octanol–water partition coefficient (Wildman–Crippen LogP) is 2.26. The summed E-state index contributed by atoms with van der Waals surface area (Å²) in [7, 11) is 0. The Kier molecular flexibility index (Phi) is 4.58. The molecular weight excluding hydrogens is 248 g/mol. The Morgan fingerprint density at radius 2 is 1.90 bits per heavy atom. The minimum absolute atomic E-state index is 0.308. The van der Waals surface area contributed by atoms with E-state index in [9.17, 15) is 5.11 Å². The third-order valence-electron chi connectivity index (χ3n) is 4.59. The van der Waals surface area contributed by atoms with Crippen LogP contribution in [-0.4, -0.2) is 37.4 Å². The van der Waals surface area contributed by atoms with Gasteiger partial charge in [-0.1, -0.05) is 18.2 Å². The molecule has 2 fully saturated rings. The van der Waals surface area contributed by atoms with Crippen LogP contribution in [0.2, 0.25) is 0 Å². The molecule has 0 amide bonds. The minimum Gasteiger partial charge on any atom is -0.396 e. The molecule has 3 heteroatoms. The molecule has 1 saturated heterocycles. The van der Waals surface area contributed by atoms with Gasteiger partial charge in [-0.25, -0.2) is 0 Å². The van der Waals surface area contributed by atoms with Crippen molar-refractivity contribution in [1.82, 2.24) is 5.32 Å². The highest BCUT2D eigenvalue weighted by atomic mass is 16.3. The summed E-state index contributed by atoms with van der Waals surface area (Å²) in [5, 5.41) is 13.0. The molecule has 1 aliphatic heterocycles. The maximum absolute atomic E-state index is 9.25. The zero-order valence-electron chi connectivity index (χ0n) is 12.2. The maximum Gasteiger partial charge on any atom is 0.0434 e. The number of piperidine rings is 1. The molecule has 1 aliphatic carbocycles. The molecule has 0 aromatic heterocycles. The summed E-state index contributed by atoms with van der Waals surface area (Å²) in [6.45, 7) is 3.66. The lowest BCUT2D eigenvalue weighted by Crippen LogP contribution is -2.50. The van der Waals surface area contributed by atoms with Gasteiger partial charge < -0.3 is 15.3 Å². The van der Waals surface area contributed by atoms with Gasteiger partial charge in [-0.3, -0.25) is 0 Å². The molecule has 0 bridgehead atoms. The Bertz CT molecular complexity index is 405. The molecule has 2 aliphatic rings. The van der Waals surface area contributed by atoms with E-state index in [0.717, 1.165) is 25.4 Å². The van der Waals surface area contributed by atoms with E-state index in [1.165, 1.54) is 31.5 Å². The van der Waals surface area contributed by atoms with E-state index in [1.54, 1.807) is 0 Å². The lowest BCUT2D eigenvalue weighted by molar-refractivity contribution is 0.230. The van der Waals surface area contributed by atoms with Crippen LogP contribution in [0.3, 0.4) is 0 Å². The molecule has 2 atom stereocenters. The van der Waals surface area contributed by atoms with Gasteiger partial charge in [-0.2, -0.15) is 0 Å². The Labute approximate surface area is 122 Å². The summed E-state index contributed by atoms with van der Waals surface area (Å²) < 4.78 is 0. The van der Waals surface area contributed by atoms with E-state index in [0.29, 0.717) is 18.6 Å². The van der Waals surface area contributed by atoms with Crippen molar-refractivity contribution in [1.29, 1.82) is 0 Å². The van der Waals surface area contributed by atoms with Gasteiger partial charge in [0, 0.05) is 31.4 Å². The standard InChI is InChI=1S/C17H26N2O/c20-9-8-15-10-16(18-11-14-6-7-14)13-19(12-15)17-4-2-1-3-5-17/h1-5,14-16,18,20H,6-13H2. The number of aliphatic hydroxyl groups excluding tert-OH is 1. The van der Waals surface area contributed by atoms with Gasteiger partial charge >= 0.3 is 0 Å². The second-order valence-electron chi connectivity index (χ2n) is 6.40. The van der Waals surface area contributed by atoms with Crippen LogP contribution < -0.4 is 10.2 Å².